The van der Waals surface area contributed by atoms with E-state index in [0.717, 1.165) is 25.7 Å². The SMILES string of the molecule is CCc1cccc(C2CC(C)(C)CCC2C(=O)O)c1. The molecule has 1 aromatic rings. The van der Waals surface area contributed by atoms with Gasteiger partial charge in [-0.3, -0.25) is 4.79 Å². The molecule has 0 radical (unpaired) electrons. The second-order valence-electron chi connectivity index (χ2n) is 6.56. The molecule has 2 unspecified atom stereocenters. The van der Waals surface area contributed by atoms with Crippen LogP contribution >= 0.6 is 0 Å². The summed E-state index contributed by atoms with van der Waals surface area (Å²) in [5.41, 5.74) is 2.75. The zero-order valence-corrected chi connectivity index (χ0v) is 12.1. The molecule has 1 aliphatic rings. The Morgan fingerprint density at radius 2 is 2.16 bits per heavy atom. The van der Waals surface area contributed by atoms with Crippen molar-refractivity contribution < 1.29 is 9.90 Å². The van der Waals surface area contributed by atoms with Crippen LogP contribution in [-0.2, 0) is 11.2 Å². The number of aryl methyl sites for hydroxylation is 1. The maximum Gasteiger partial charge on any atom is 0.307 e. The predicted octanol–water partition coefficient (Wildman–Crippen LogP) is 4.24. The van der Waals surface area contributed by atoms with E-state index in [-0.39, 0.29) is 17.3 Å². The molecule has 0 amide bonds. The van der Waals surface area contributed by atoms with Crippen LogP contribution in [-0.4, -0.2) is 11.1 Å². The fourth-order valence-corrected chi connectivity index (χ4v) is 3.28. The summed E-state index contributed by atoms with van der Waals surface area (Å²) in [5, 5.41) is 9.47. The summed E-state index contributed by atoms with van der Waals surface area (Å²) in [6, 6.07) is 8.48. The van der Waals surface area contributed by atoms with E-state index < -0.39 is 5.97 Å². The van der Waals surface area contributed by atoms with Gasteiger partial charge in [0.05, 0.1) is 5.92 Å². The largest absolute Gasteiger partial charge is 0.481 e. The third kappa shape index (κ3) is 3.17. The van der Waals surface area contributed by atoms with Crippen molar-refractivity contribution in [3.05, 3.63) is 35.4 Å². The van der Waals surface area contributed by atoms with Crippen LogP contribution in [0.2, 0.25) is 0 Å². The average molecular weight is 260 g/mol. The second kappa shape index (κ2) is 5.36. The van der Waals surface area contributed by atoms with Crippen LogP contribution < -0.4 is 0 Å². The molecular formula is C17H24O2. The van der Waals surface area contributed by atoms with Crippen LogP contribution in [0.15, 0.2) is 24.3 Å². The number of aliphatic carboxylic acids is 1. The molecule has 2 rings (SSSR count). The maximum absolute atomic E-state index is 11.5. The molecule has 0 saturated heterocycles. The maximum atomic E-state index is 11.5. The van der Waals surface area contributed by atoms with Crippen molar-refractivity contribution in [2.75, 3.05) is 0 Å². The molecule has 2 nitrogen and oxygen atoms in total. The van der Waals surface area contributed by atoms with Gasteiger partial charge in [-0.25, -0.2) is 0 Å². The Morgan fingerprint density at radius 3 is 2.79 bits per heavy atom. The van der Waals surface area contributed by atoms with Gasteiger partial charge in [0.1, 0.15) is 0 Å². The van der Waals surface area contributed by atoms with Gasteiger partial charge in [0.2, 0.25) is 0 Å². The predicted molar refractivity (Wildman–Crippen MR) is 77.3 cm³/mol. The van der Waals surface area contributed by atoms with Crippen LogP contribution in [0.3, 0.4) is 0 Å². The quantitative estimate of drug-likeness (QED) is 0.882. The zero-order valence-electron chi connectivity index (χ0n) is 12.1. The molecule has 2 heteroatoms. The third-order valence-electron chi connectivity index (χ3n) is 4.49. The summed E-state index contributed by atoms with van der Waals surface area (Å²) in [6.45, 7) is 6.64. The van der Waals surface area contributed by atoms with E-state index in [1.807, 2.05) is 0 Å². The lowest BCUT2D eigenvalue weighted by atomic mass is 9.65. The van der Waals surface area contributed by atoms with E-state index in [2.05, 4.69) is 45.0 Å². The number of carbonyl (C=O) groups is 1. The van der Waals surface area contributed by atoms with Crippen LogP contribution in [0.4, 0.5) is 0 Å². The summed E-state index contributed by atoms with van der Waals surface area (Å²) in [7, 11) is 0. The highest BCUT2D eigenvalue weighted by Gasteiger charge is 2.39. The lowest BCUT2D eigenvalue weighted by Crippen LogP contribution is -2.33. The van der Waals surface area contributed by atoms with Gasteiger partial charge in [0.25, 0.3) is 0 Å². The molecule has 0 bridgehead atoms. The van der Waals surface area contributed by atoms with Crippen molar-refractivity contribution >= 4 is 5.97 Å². The Kier molecular flexibility index (Phi) is 3.98. The van der Waals surface area contributed by atoms with Crippen molar-refractivity contribution in [2.45, 2.75) is 52.4 Å². The van der Waals surface area contributed by atoms with Crippen molar-refractivity contribution in [2.24, 2.45) is 11.3 Å². The fraction of sp³-hybridized carbons (Fsp3) is 0.588. The minimum absolute atomic E-state index is 0.160. The fourth-order valence-electron chi connectivity index (χ4n) is 3.28. The molecule has 1 aliphatic carbocycles. The Balaban J connectivity index is 2.33. The lowest BCUT2D eigenvalue weighted by Gasteiger charge is -2.39. The Bertz CT molecular complexity index is 462. The monoisotopic (exact) mass is 260 g/mol. The minimum atomic E-state index is -0.637. The summed E-state index contributed by atoms with van der Waals surface area (Å²) in [4.78, 5) is 11.5. The van der Waals surface area contributed by atoms with Crippen LogP contribution in [0, 0.1) is 11.3 Å². The van der Waals surface area contributed by atoms with Gasteiger partial charge in [0, 0.05) is 0 Å². The molecule has 0 aliphatic heterocycles. The molecule has 0 heterocycles. The van der Waals surface area contributed by atoms with Crippen LogP contribution in [0.25, 0.3) is 0 Å². The standard InChI is InChI=1S/C17H24O2/c1-4-12-6-5-7-13(10-12)15-11-17(2,3)9-8-14(15)16(18)19/h5-7,10,14-15H,4,8-9,11H2,1-3H3,(H,18,19). The van der Waals surface area contributed by atoms with Gasteiger partial charge in [-0.1, -0.05) is 45.0 Å². The second-order valence-corrected chi connectivity index (χ2v) is 6.56. The molecule has 0 spiro atoms. The van der Waals surface area contributed by atoms with Gasteiger partial charge in [-0.05, 0) is 48.1 Å². The van der Waals surface area contributed by atoms with Gasteiger partial charge in [-0.15, -0.1) is 0 Å². The zero-order chi connectivity index (χ0) is 14.0. The lowest BCUT2D eigenvalue weighted by molar-refractivity contribution is -0.144. The topological polar surface area (TPSA) is 37.3 Å². The number of hydrogen-bond acceptors (Lipinski definition) is 1. The van der Waals surface area contributed by atoms with Gasteiger partial charge < -0.3 is 5.11 Å². The number of benzene rings is 1. The first kappa shape index (κ1) is 14.1. The first-order valence-electron chi connectivity index (χ1n) is 7.24. The number of hydrogen-bond donors (Lipinski definition) is 1. The number of carboxylic acid groups (broad SMARTS) is 1. The molecule has 1 saturated carbocycles. The van der Waals surface area contributed by atoms with Crippen LogP contribution in [0.5, 0.6) is 0 Å². The van der Waals surface area contributed by atoms with Crippen LogP contribution in [0.1, 0.15) is 57.1 Å². The highest BCUT2D eigenvalue weighted by molar-refractivity contribution is 5.71. The minimum Gasteiger partial charge on any atom is -0.481 e. The molecule has 1 fully saturated rings. The Morgan fingerprint density at radius 1 is 1.42 bits per heavy atom. The van der Waals surface area contributed by atoms with E-state index >= 15 is 0 Å². The molecule has 19 heavy (non-hydrogen) atoms. The third-order valence-corrected chi connectivity index (χ3v) is 4.49. The first-order valence-corrected chi connectivity index (χ1v) is 7.24. The van der Waals surface area contributed by atoms with Crippen molar-refractivity contribution in [1.82, 2.24) is 0 Å². The summed E-state index contributed by atoms with van der Waals surface area (Å²) in [5.74, 6) is -0.699. The summed E-state index contributed by atoms with van der Waals surface area (Å²) in [6.07, 6.45) is 3.77. The molecule has 0 aromatic heterocycles. The van der Waals surface area contributed by atoms with Gasteiger partial charge in [0.15, 0.2) is 0 Å². The number of carboxylic acids is 1. The molecular weight excluding hydrogens is 236 g/mol. The van der Waals surface area contributed by atoms with Crippen molar-refractivity contribution in [3.8, 4) is 0 Å². The highest BCUT2D eigenvalue weighted by atomic mass is 16.4. The number of rotatable bonds is 3. The normalized spacial score (nSPS) is 26.1. The highest BCUT2D eigenvalue weighted by Crippen LogP contribution is 2.46. The van der Waals surface area contributed by atoms with E-state index in [0.29, 0.717) is 0 Å². The summed E-state index contributed by atoms with van der Waals surface area (Å²) >= 11 is 0. The van der Waals surface area contributed by atoms with E-state index in [9.17, 15) is 9.90 Å². The van der Waals surface area contributed by atoms with Crippen molar-refractivity contribution in [1.29, 1.82) is 0 Å². The average Bonchev–Trinajstić information content (AvgIpc) is 2.37. The smallest absolute Gasteiger partial charge is 0.307 e. The van der Waals surface area contributed by atoms with E-state index in [1.165, 1.54) is 11.1 Å². The molecule has 1 aromatic carbocycles. The van der Waals surface area contributed by atoms with Crippen molar-refractivity contribution in [3.63, 3.8) is 0 Å². The molecule has 2 atom stereocenters. The molecule has 1 N–H and O–H groups in total. The first-order chi connectivity index (χ1) is 8.93. The Labute approximate surface area is 115 Å². The van der Waals surface area contributed by atoms with E-state index in [1.54, 1.807) is 0 Å². The summed E-state index contributed by atoms with van der Waals surface area (Å²) < 4.78 is 0. The van der Waals surface area contributed by atoms with Gasteiger partial charge >= 0.3 is 5.97 Å². The van der Waals surface area contributed by atoms with Gasteiger partial charge in [-0.2, -0.15) is 0 Å². The van der Waals surface area contributed by atoms with E-state index in [4.69, 9.17) is 0 Å². The molecule has 104 valence electrons. The Hall–Kier alpha value is -1.31.